The largest absolute Gasteiger partial charge is 0.458 e. The smallest absolute Gasteiger partial charge is 0.312 e. The summed E-state index contributed by atoms with van der Waals surface area (Å²) in [7, 11) is 0. The van der Waals surface area contributed by atoms with Gasteiger partial charge in [0, 0.05) is 0 Å². The van der Waals surface area contributed by atoms with Crippen molar-refractivity contribution in [2.45, 2.75) is 111 Å². The first-order chi connectivity index (χ1) is 12.4. The van der Waals surface area contributed by atoms with Crippen molar-refractivity contribution in [2.75, 3.05) is 0 Å². The van der Waals surface area contributed by atoms with E-state index in [9.17, 15) is 4.79 Å². The summed E-state index contributed by atoms with van der Waals surface area (Å²) in [5.41, 5.74) is -0.605. The van der Waals surface area contributed by atoms with Gasteiger partial charge in [0.05, 0.1) is 5.41 Å². The maximum atomic E-state index is 12.9. The van der Waals surface area contributed by atoms with E-state index in [4.69, 9.17) is 4.74 Å². The van der Waals surface area contributed by atoms with Crippen LogP contribution in [0.25, 0.3) is 0 Å². The summed E-state index contributed by atoms with van der Waals surface area (Å²) in [6, 6.07) is 0. The minimum absolute atomic E-state index is 0.0241. The fourth-order valence-corrected chi connectivity index (χ4v) is 6.68. The molecule has 0 radical (unpaired) electrons. The molecule has 150 valence electrons. The van der Waals surface area contributed by atoms with Gasteiger partial charge in [-0.2, -0.15) is 0 Å². The summed E-state index contributed by atoms with van der Waals surface area (Å²) < 4.78 is 6.41. The van der Waals surface area contributed by atoms with Gasteiger partial charge in [0.1, 0.15) is 5.60 Å². The van der Waals surface area contributed by atoms with Crippen molar-refractivity contribution in [3.8, 4) is 0 Å². The van der Waals surface area contributed by atoms with Crippen LogP contribution in [0.15, 0.2) is 0 Å². The third-order valence-electron chi connectivity index (χ3n) is 8.78. The monoisotopic (exact) mass is 362 g/mol. The maximum absolute atomic E-state index is 12.9. The Hall–Kier alpha value is -0.530. The molecule has 0 N–H and O–H groups in total. The molecule has 0 bridgehead atoms. The summed E-state index contributed by atoms with van der Waals surface area (Å²) >= 11 is 0. The van der Waals surface area contributed by atoms with E-state index < -0.39 is 0 Å². The molecule has 0 amide bonds. The zero-order valence-corrected chi connectivity index (χ0v) is 18.0. The predicted molar refractivity (Wildman–Crippen MR) is 108 cm³/mol. The van der Waals surface area contributed by atoms with Gasteiger partial charge in [0.15, 0.2) is 0 Å². The Morgan fingerprint density at radius 3 is 1.81 bits per heavy atom. The first-order valence-corrected chi connectivity index (χ1v) is 11.6. The SMILES string of the molecule is CCC(C)(C)C(=O)OC(CC)(CC)C1CC2CCCC3CCCC(C1)C32. The molecule has 0 aromatic heterocycles. The lowest BCUT2D eigenvalue weighted by Crippen LogP contribution is -2.51. The van der Waals surface area contributed by atoms with Gasteiger partial charge in [-0.3, -0.25) is 4.79 Å². The van der Waals surface area contributed by atoms with Crippen LogP contribution in [0.5, 0.6) is 0 Å². The van der Waals surface area contributed by atoms with E-state index in [-0.39, 0.29) is 17.0 Å². The Balaban J connectivity index is 1.80. The fourth-order valence-electron chi connectivity index (χ4n) is 6.68. The van der Waals surface area contributed by atoms with Gasteiger partial charge in [0.25, 0.3) is 0 Å². The Kier molecular flexibility index (Phi) is 6.09. The molecule has 3 rings (SSSR count). The van der Waals surface area contributed by atoms with Crippen LogP contribution >= 0.6 is 0 Å². The van der Waals surface area contributed by atoms with Crippen molar-refractivity contribution in [3.63, 3.8) is 0 Å². The molecule has 0 heterocycles. The molecule has 0 saturated heterocycles. The molecule has 2 heteroatoms. The highest BCUT2D eigenvalue weighted by Crippen LogP contribution is 2.56. The second-order valence-electron chi connectivity index (χ2n) is 10.3. The van der Waals surface area contributed by atoms with Crippen molar-refractivity contribution in [1.82, 2.24) is 0 Å². The van der Waals surface area contributed by atoms with E-state index in [2.05, 4.69) is 20.8 Å². The summed E-state index contributed by atoms with van der Waals surface area (Å²) in [6.07, 6.45) is 14.0. The van der Waals surface area contributed by atoms with Crippen molar-refractivity contribution in [3.05, 3.63) is 0 Å². The number of carbonyl (C=O) groups excluding carboxylic acids is 1. The van der Waals surface area contributed by atoms with Gasteiger partial charge in [-0.05, 0) is 75.5 Å². The van der Waals surface area contributed by atoms with Crippen molar-refractivity contribution < 1.29 is 9.53 Å². The van der Waals surface area contributed by atoms with Crippen molar-refractivity contribution in [1.29, 1.82) is 0 Å². The Morgan fingerprint density at radius 1 is 0.846 bits per heavy atom. The van der Waals surface area contributed by atoms with Gasteiger partial charge in [-0.15, -0.1) is 0 Å². The van der Waals surface area contributed by atoms with Gasteiger partial charge in [-0.1, -0.05) is 59.3 Å². The van der Waals surface area contributed by atoms with Gasteiger partial charge in [-0.25, -0.2) is 0 Å². The molecule has 2 nitrogen and oxygen atoms in total. The predicted octanol–water partition coefficient (Wildman–Crippen LogP) is 6.77. The molecule has 3 aliphatic carbocycles. The normalized spacial score (nSPS) is 34.9. The minimum atomic E-state index is -0.367. The average molecular weight is 363 g/mol. The highest BCUT2D eigenvalue weighted by molar-refractivity contribution is 5.76. The molecule has 0 aromatic carbocycles. The number of hydrogen-bond acceptors (Lipinski definition) is 2. The van der Waals surface area contributed by atoms with Gasteiger partial charge >= 0.3 is 5.97 Å². The lowest BCUT2D eigenvalue weighted by molar-refractivity contribution is -0.185. The summed E-state index contributed by atoms with van der Waals surface area (Å²) in [5.74, 6) is 4.38. The zero-order chi connectivity index (χ0) is 18.9. The third-order valence-corrected chi connectivity index (χ3v) is 8.78. The average Bonchev–Trinajstić information content (AvgIpc) is 2.66. The summed E-state index contributed by atoms with van der Waals surface area (Å²) in [5, 5.41) is 0. The molecule has 0 aliphatic heterocycles. The number of rotatable bonds is 6. The van der Waals surface area contributed by atoms with Crippen LogP contribution in [-0.2, 0) is 9.53 Å². The second-order valence-corrected chi connectivity index (χ2v) is 10.3. The lowest BCUT2D eigenvalue weighted by atomic mass is 9.52. The number of hydrogen-bond donors (Lipinski definition) is 0. The van der Waals surface area contributed by atoms with Crippen LogP contribution in [-0.4, -0.2) is 11.6 Å². The highest BCUT2D eigenvalue weighted by atomic mass is 16.6. The Labute approximate surface area is 161 Å². The van der Waals surface area contributed by atoms with Gasteiger partial charge < -0.3 is 4.74 Å². The molecule has 3 fully saturated rings. The molecule has 2 unspecified atom stereocenters. The van der Waals surface area contributed by atoms with Crippen molar-refractivity contribution >= 4 is 5.97 Å². The molecule has 26 heavy (non-hydrogen) atoms. The molecular formula is C24H42O2. The van der Waals surface area contributed by atoms with Gasteiger partial charge in [0.2, 0.25) is 0 Å². The highest BCUT2D eigenvalue weighted by Gasteiger charge is 2.51. The number of carbonyl (C=O) groups is 1. The van der Waals surface area contributed by atoms with Crippen molar-refractivity contribution in [2.24, 2.45) is 35.0 Å². The fraction of sp³-hybridized carbons (Fsp3) is 0.958. The van der Waals surface area contributed by atoms with Crippen LogP contribution in [0.2, 0.25) is 0 Å². The lowest BCUT2D eigenvalue weighted by Gasteiger charge is -2.55. The molecule has 0 spiro atoms. The van der Waals surface area contributed by atoms with E-state index in [1.54, 1.807) is 0 Å². The molecule has 3 aliphatic rings. The van der Waals surface area contributed by atoms with Crippen LogP contribution in [0.3, 0.4) is 0 Å². The van der Waals surface area contributed by atoms with E-state index in [1.165, 1.54) is 51.4 Å². The van der Waals surface area contributed by atoms with E-state index >= 15 is 0 Å². The molecule has 2 atom stereocenters. The maximum Gasteiger partial charge on any atom is 0.312 e. The second kappa shape index (κ2) is 7.84. The number of esters is 1. The molecular weight excluding hydrogens is 320 g/mol. The summed E-state index contributed by atoms with van der Waals surface area (Å²) in [4.78, 5) is 12.9. The van der Waals surface area contributed by atoms with E-state index in [1.807, 2.05) is 13.8 Å². The first kappa shape index (κ1) is 20.2. The van der Waals surface area contributed by atoms with Crippen LogP contribution in [0.1, 0.15) is 105 Å². The standard InChI is InChI=1S/C24H42O2/c1-6-23(4,5)22(25)26-24(7-2,8-3)20-15-18-13-9-11-17-12-10-14-19(16-20)21(17)18/h17-21H,6-16H2,1-5H3. The first-order valence-electron chi connectivity index (χ1n) is 11.6. The third kappa shape index (κ3) is 3.59. The quantitative estimate of drug-likeness (QED) is 0.487. The minimum Gasteiger partial charge on any atom is -0.458 e. The topological polar surface area (TPSA) is 26.3 Å². The zero-order valence-electron chi connectivity index (χ0n) is 18.0. The van der Waals surface area contributed by atoms with E-state index in [0.717, 1.165) is 42.9 Å². The van der Waals surface area contributed by atoms with E-state index in [0.29, 0.717) is 5.92 Å². The summed E-state index contributed by atoms with van der Waals surface area (Å²) in [6.45, 7) is 10.7. The van der Waals surface area contributed by atoms with Crippen LogP contribution in [0.4, 0.5) is 0 Å². The Bertz CT molecular complexity index is 470. The van der Waals surface area contributed by atoms with Crippen LogP contribution in [0, 0.1) is 35.0 Å². The Morgan fingerprint density at radius 2 is 1.35 bits per heavy atom. The van der Waals surface area contributed by atoms with Crippen LogP contribution < -0.4 is 0 Å². The number of ether oxygens (including phenoxy) is 1. The molecule has 0 aromatic rings. The molecule has 3 saturated carbocycles.